The molecule has 3 aromatic rings. The highest BCUT2D eigenvalue weighted by molar-refractivity contribution is 6.20. The van der Waals surface area contributed by atoms with E-state index in [4.69, 9.17) is 0 Å². The van der Waals surface area contributed by atoms with Crippen LogP contribution in [0.5, 0.6) is 17.2 Å². The number of phenolic OH excluding ortho intramolecular Hbond substituents is 3. The van der Waals surface area contributed by atoms with Gasteiger partial charge in [0.05, 0.1) is 0 Å². The van der Waals surface area contributed by atoms with Gasteiger partial charge >= 0.3 is 0 Å². The van der Waals surface area contributed by atoms with Crippen LogP contribution >= 0.6 is 0 Å². The van der Waals surface area contributed by atoms with Gasteiger partial charge in [0, 0.05) is 11.1 Å². The van der Waals surface area contributed by atoms with Gasteiger partial charge in [-0.05, 0) is 40.5 Å². The van der Waals surface area contributed by atoms with Gasteiger partial charge in [0.1, 0.15) is 0 Å². The summed E-state index contributed by atoms with van der Waals surface area (Å²) < 4.78 is 0. The van der Waals surface area contributed by atoms with Crippen LogP contribution in [0, 0.1) is 0 Å². The van der Waals surface area contributed by atoms with Crippen LogP contribution < -0.4 is 0 Å². The maximum absolute atomic E-state index is 12.7. The molecule has 0 radical (unpaired) electrons. The maximum Gasteiger partial charge on any atom is 0.200 e. The lowest BCUT2D eigenvalue weighted by Crippen LogP contribution is -2.14. The monoisotopic (exact) mass is 330 g/mol. The van der Waals surface area contributed by atoms with Crippen LogP contribution in [0.2, 0.25) is 0 Å². The van der Waals surface area contributed by atoms with E-state index in [9.17, 15) is 20.1 Å². The Kier molecular flexibility index (Phi) is 3.32. The Bertz CT molecular complexity index is 973. The van der Waals surface area contributed by atoms with Crippen LogP contribution in [0.4, 0.5) is 0 Å². The average Bonchev–Trinajstić information content (AvgIpc) is 2.63. The first kappa shape index (κ1) is 15.0. The van der Waals surface area contributed by atoms with E-state index >= 15 is 0 Å². The Labute approximate surface area is 143 Å². The molecule has 1 aliphatic carbocycles. The predicted octanol–water partition coefficient (Wildman–Crippen LogP) is 3.94. The van der Waals surface area contributed by atoms with Gasteiger partial charge in [0.15, 0.2) is 23.0 Å². The van der Waals surface area contributed by atoms with Crippen molar-refractivity contribution in [2.24, 2.45) is 0 Å². The van der Waals surface area contributed by atoms with Crippen LogP contribution in [-0.4, -0.2) is 21.1 Å². The van der Waals surface area contributed by atoms with Crippen molar-refractivity contribution in [1.29, 1.82) is 0 Å². The second-order valence-electron chi connectivity index (χ2n) is 5.89. The molecule has 3 N–H and O–H groups in total. The molecule has 0 unspecified atom stereocenters. The van der Waals surface area contributed by atoms with E-state index in [2.05, 4.69) is 0 Å². The zero-order chi connectivity index (χ0) is 17.6. The lowest BCUT2D eigenvalue weighted by atomic mass is 9.80. The standard InChI is InChI=1S/C21H14O4/c22-18-10-12(11-19(23)21(18)25)9-17-13-5-1-3-7-15(13)20(24)16-8-4-2-6-14(16)17/h1-11,22-23,25H. The molecule has 0 fully saturated rings. The highest BCUT2D eigenvalue weighted by Crippen LogP contribution is 2.40. The van der Waals surface area contributed by atoms with Crippen molar-refractivity contribution in [2.45, 2.75) is 0 Å². The van der Waals surface area contributed by atoms with Crippen molar-refractivity contribution < 1.29 is 20.1 Å². The predicted molar refractivity (Wildman–Crippen MR) is 94.7 cm³/mol. The fraction of sp³-hybridized carbons (Fsp3) is 0. The molecule has 0 bridgehead atoms. The number of rotatable bonds is 1. The van der Waals surface area contributed by atoms with Crippen LogP contribution in [0.3, 0.4) is 0 Å². The van der Waals surface area contributed by atoms with Crippen molar-refractivity contribution in [3.63, 3.8) is 0 Å². The zero-order valence-electron chi connectivity index (χ0n) is 13.1. The normalized spacial score (nSPS) is 12.5. The number of ketones is 1. The summed E-state index contributed by atoms with van der Waals surface area (Å²) in [5.74, 6) is -1.39. The first-order valence-corrected chi connectivity index (χ1v) is 7.76. The molecule has 0 aromatic heterocycles. The van der Waals surface area contributed by atoms with Crippen LogP contribution in [0.25, 0.3) is 11.6 Å². The van der Waals surface area contributed by atoms with Crippen LogP contribution in [-0.2, 0) is 0 Å². The van der Waals surface area contributed by atoms with E-state index in [0.717, 1.165) is 16.7 Å². The van der Waals surface area contributed by atoms with Crippen molar-refractivity contribution >= 4 is 17.4 Å². The highest BCUT2D eigenvalue weighted by atomic mass is 16.3. The van der Waals surface area contributed by atoms with E-state index < -0.39 is 17.2 Å². The number of fused-ring (bicyclic) bond motifs is 2. The molecule has 25 heavy (non-hydrogen) atoms. The lowest BCUT2D eigenvalue weighted by molar-refractivity contribution is 0.103. The summed E-state index contributed by atoms with van der Waals surface area (Å²) in [7, 11) is 0. The molecule has 0 heterocycles. The van der Waals surface area contributed by atoms with E-state index in [-0.39, 0.29) is 5.78 Å². The minimum Gasteiger partial charge on any atom is -0.504 e. The summed E-state index contributed by atoms with van der Waals surface area (Å²) in [5.41, 5.74) is 4.13. The number of carbonyl (C=O) groups is 1. The summed E-state index contributed by atoms with van der Waals surface area (Å²) in [4.78, 5) is 12.7. The molecule has 0 saturated heterocycles. The maximum atomic E-state index is 12.7. The minimum atomic E-state index is -0.554. The number of aromatic hydroxyl groups is 3. The Morgan fingerprint density at radius 2 is 1.12 bits per heavy atom. The Balaban J connectivity index is 1.99. The SMILES string of the molecule is O=C1c2ccccc2C(=Cc2cc(O)c(O)c(O)c2)c2ccccc21. The van der Waals surface area contributed by atoms with Crippen LogP contribution in [0.1, 0.15) is 32.6 Å². The Hall–Kier alpha value is -3.53. The number of hydrogen-bond donors (Lipinski definition) is 3. The van der Waals surface area contributed by atoms with E-state index in [0.29, 0.717) is 16.7 Å². The summed E-state index contributed by atoms with van der Waals surface area (Å²) >= 11 is 0. The smallest absolute Gasteiger partial charge is 0.200 e. The molecular weight excluding hydrogens is 316 g/mol. The van der Waals surface area contributed by atoms with Crippen LogP contribution in [0.15, 0.2) is 60.7 Å². The number of benzene rings is 3. The fourth-order valence-corrected chi connectivity index (χ4v) is 3.15. The third-order valence-electron chi connectivity index (χ3n) is 4.33. The number of hydrogen-bond acceptors (Lipinski definition) is 4. The molecule has 0 amide bonds. The summed E-state index contributed by atoms with van der Waals surface area (Å²) in [6.07, 6.45) is 1.78. The zero-order valence-corrected chi connectivity index (χ0v) is 13.1. The summed E-state index contributed by atoms with van der Waals surface area (Å²) in [6, 6.07) is 17.4. The number of phenols is 3. The highest BCUT2D eigenvalue weighted by Gasteiger charge is 2.26. The topological polar surface area (TPSA) is 77.8 Å². The van der Waals surface area contributed by atoms with E-state index in [1.807, 2.05) is 36.4 Å². The van der Waals surface area contributed by atoms with E-state index in [1.54, 1.807) is 18.2 Å². The van der Waals surface area contributed by atoms with Gasteiger partial charge < -0.3 is 15.3 Å². The largest absolute Gasteiger partial charge is 0.504 e. The number of carbonyl (C=O) groups excluding carboxylic acids is 1. The van der Waals surface area contributed by atoms with Gasteiger partial charge in [-0.1, -0.05) is 48.5 Å². The summed E-state index contributed by atoms with van der Waals surface area (Å²) in [5, 5.41) is 29.0. The van der Waals surface area contributed by atoms with Gasteiger partial charge in [0.2, 0.25) is 0 Å². The molecule has 4 nitrogen and oxygen atoms in total. The average molecular weight is 330 g/mol. The van der Waals surface area contributed by atoms with Crippen molar-refractivity contribution in [3.8, 4) is 17.2 Å². The molecule has 122 valence electrons. The third-order valence-corrected chi connectivity index (χ3v) is 4.33. The first-order valence-electron chi connectivity index (χ1n) is 7.76. The summed E-state index contributed by atoms with van der Waals surface area (Å²) in [6.45, 7) is 0. The van der Waals surface area contributed by atoms with Gasteiger partial charge in [0.25, 0.3) is 0 Å². The van der Waals surface area contributed by atoms with Gasteiger partial charge in [-0.3, -0.25) is 4.79 Å². The molecule has 1 aliphatic rings. The minimum absolute atomic E-state index is 0.0280. The van der Waals surface area contributed by atoms with Crippen molar-refractivity contribution in [1.82, 2.24) is 0 Å². The molecular formula is C21H14O4. The third kappa shape index (κ3) is 2.35. The van der Waals surface area contributed by atoms with E-state index in [1.165, 1.54) is 12.1 Å². The molecule has 4 heteroatoms. The van der Waals surface area contributed by atoms with Gasteiger partial charge in [-0.2, -0.15) is 0 Å². The fourth-order valence-electron chi connectivity index (χ4n) is 3.15. The van der Waals surface area contributed by atoms with Gasteiger partial charge in [-0.25, -0.2) is 0 Å². The lowest BCUT2D eigenvalue weighted by Gasteiger charge is -2.21. The molecule has 4 rings (SSSR count). The van der Waals surface area contributed by atoms with Crippen molar-refractivity contribution in [3.05, 3.63) is 88.5 Å². The quantitative estimate of drug-likeness (QED) is 0.462. The Morgan fingerprint density at radius 1 is 0.680 bits per heavy atom. The first-order chi connectivity index (χ1) is 12.1. The molecule has 0 aliphatic heterocycles. The molecule has 0 spiro atoms. The molecule has 3 aromatic carbocycles. The molecule has 0 saturated carbocycles. The molecule has 0 atom stereocenters. The second-order valence-corrected chi connectivity index (χ2v) is 5.89. The van der Waals surface area contributed by atoms with Gasteiger partial charge in [-0.15, -0.1) is 0 Å². The second kappa shape index (κ2) is 5.53. The Morgan fingerprint density at radius 3 is 1.60 bits per heavy atom. The van der Waals surface area contributed by atoms with Crippen molar-refractivity contribution in [2.75, 3.05) is 0 Å².